The van der Waals surface area contributed by atoms with Gasteiger partial charge in [-0.3, -0.25) is 4.90 Å². The number of hydrogen-bond donors (Lipinski definition) is 1. The smallest absolute Gasteiger partial charge is 0.0454 e. The Labute approximate surface area is 102 Å². The molecule has 1 heterocycles. The number of rotatable bonds is 3. The molecule has 16 heavy (non-hydrogen) atoms. The van der Waals surface area contributed by atoms with E-state index >= 15 is 0 Å². The second kappa shape index (κ2) is 5.17. The molecule has 1 saturated heterocycles. The van der Waals surface area contributed by atoms with E-state index in [1.54, 1.807) is 0 Å². The van der Waals surface area contributed by atoms with E-state index in [0.717, 1.165) is 17.1 Å². The van der Waals surface area contributed by atoms with Gasteiger partial charge in [-0.2, -0.15) is 0 Å². The van der Waals surface area contributed by atoms with E-state index in [9.17, 15) is 0 Å². The van der Waals surface area contributed by atoms with E-state index in [-0.39, 0.29) is 6.04 Å². The van der Waals surface area contributed by atoms with Crippen LogP contribution in [-0.4, -0.2) is 18.0 Å². The Morgan fingerprint density at radius 2 is 2.06 bits per heavy atom. The highest BCUT2D eigenvalue weighted by Gasteiger charge is 2.13. The van der Waals surface area contributed by atoms with Crippen molar-refractivity contribution < 1.29 is 0 Å². The van der Waals surface area contributed by atoms with E-state index in [2.05, 4.69) is 17.0 Å². The zero-order valence-corrected chi connectivity index (χ0v) is 10.5. The number of halogens is 1. The van der Waals surface area contributed by atoms with E-state index in [4.69, 9.17) is 17.3 Å². The SMILES string of the molecule is CC(N)c1ccc(CN2CCCC2)c(Cl)c1. The van der Waals surface area contributed by atoms with Gasteiger partial charge in [-0.25, -0.2) is 0 Å². The summed E-state index contributed by atoms with van der Waals surface area (Å²) >= 11 is 6.27. The third kappa shape index (κ3) is 2.76. The third-order valence-corrected chi connectivity index (χ3v) is 3.55. The van der Waals surface area contributed by atoms with Crippen LogP contribution >= 0.6 is 11.6 Å². The Bertz CT molecular complexity index is 357. The second-order valence-electron chi connectivity index (χ2n) is 4.62. The van der Waals surface area contributed by atoms with Crippen molar-refractivity contribution in [1.29, 1.82) is 0 Å². The van der Waals surface area contributed by atoms with Crippen molar-refractivity contribution in [2.75, 3.05) is 13.1 Å². The van der Waals surface area contributed by atoms with Gasteiger partial charge in [0.25, 0.3) is 0 Å². The van der Waals surface area contributed by atoms with Crippen LogP contribution in [0.15, 0.2) is 18.2 Å². The summed E-state index contributed by atoms with van der Waals surface area (Å²) in [4.78, 5) is 2.45. The average molecular weight is 239 g/mol. The number of nitrogens with two attached hydrogens (primary N) is 1. The van der Waals surface area contributed by atoms with Crippen LogP contribution in [0.4, 0.5) is 0 Å². The van der Waals surface area contributed by atoms with Crippen LogP contribution in [0.1, 0.15) is 36.9 Å². The number of benzene rings is 1. The van der Waals surface area contributed by atoms with Crippen molar-refractivity contribution in [2.45, 2.75) is 32.4 Å². The van der Waals surface area contributed by atoms with E-state index < -0.39 is 0 Å². The molecule has 1 unspecified atom stereocenters. The highest BCUT2D eigenvalue weighted by molar-refractivity contribution is 6.31. The maximum absolute atomic E-state index is 6.27. The lowest BCUT2D eigenvalue weighted by molar-refractivity contribution is 0.331. The predicted octanol–water partition coefficient (Wildman–Crippen LogP) is 2.96. The maximum atomic E-state index is 6.27. The molecule has 1 aromatic rings. The summed E-state index contributed by atoms with van der Waals surface area (Å²) in [6, 6.07) is 6.25. The van der Waals surface area contributed by atoms with Crippen molar-refractivity contribution in [2.24, 2.45) is 5.73 Å². The summed E-state index contributed by atoms with van der Waals surface area (Å²) in [5, 5.41) is 0.849. The first-order valence-electron chi connectivity index (χ1n) is 5.93. The summed E-state index contributed by atoms with van der Waals surface area (Å²) in [6.45, 7) is 5.35. The Kier molecular flexibility index (Phi) is 3.85. The van der Waals surface area contributed by atoms with Gasteiger partial charge in [0, 0.05) is 17.6 Å². The lowest BCUT2D eigenvalue weighted by atomic mass is 10.1. The minimum absolute atomic E-state index is 0.0540. The van der Waals surface area contributed by atoms with Gasteiger partial charge in [-0.1, -0.05) is 23.7 Å². The molecule has 1 aromatic carbocycles. The number of likely N-dealkylation sites (tertiary alicyclic amines) is 1. The normalized spacial score (nSPS) is 18.9. The first-order valence-corrected chi connectivity index (χ1v) is 6.31. The molecule has 0 saturated carbocycles. The van der Waals surface area contributed by atoms with Crippen LogP contribution in [0.2, 0.25) is 5.02 Å². The highest BCUT2D eigenvalue weighted by Crippen LogP contribution is 2.23. The molecule has 0 spiro atoms. The molecule has 0 aliphatic carbocycles. The van der Waals surface area contributed by atoms with E-state index in [1.807, 2.05) is 13.0 Å². The van der Waals surface area contributed by atoms with Crippen molar-refractivity contribution in [3.8, 4) is 0 Å². The fourth-order valence-corrected chi connectivity index (χ4v) is 2.41. The standard InChI is InChI=1S/C13H19ClN2/c1-10(15)11-4-5-12(13(14)8-11)9-16-6-2-3-7-16/h4-5,8,10H,2-3,6-7,9,15H2,1H3. The molecule has 1 fully saturated rings. The molecule has 3 heteroatoms. The first kappa shape index (κ1) is 11.9. The molecule has 2 N–H and O–H groups in total. The summed E-state index contributed by atoms with van der Waals surface area (Å²) in [5.41, 5.74) is 8.15. The van der Waals surface area contributed by atoms with E-state index in [0.29, 0.717) is 0 Å². The molecular weight excluding hydrogens is 220 g/mol. The molecule has 88 valence electrons. The summed E-state index contributed by atoms with van der Waals surface area (Å²) < 4.78 is 0. The van der Waals surface area contributed by atoms with Crippen LogP contribution in [0.5, 0.6) is 0 Å². The van der Waals surface area contributed by atoms with E-state index in [1.165, 1.54) is 31.5 Å². The van der Waals surface area contributed by atoms with Crippen molar-refractivity contribution >= 4 is 11.6 Å². The summed E-state index contributed by atoms with van der Waals surface area (Å²) in [6.07, 6.45) is 2.63. The minimum Gasteiger partial charge on any atom is -0.324 e. The Balaban J connectivity index is 2.09. The van der Waals surface area contributed by atoms with Gasteiger partial charge >= 0.3 is 0 Å². The first-order chi connectivity index (χ1) is 7.66. The van der Waals surface area contributed by atoms with Gasteiger partial charge in [0.1, 0.15) is 0 Å². The number of hydrogen-bond acceptors (Lipinski definition) is 2. The summed E-state index contributed by atoms with van der Waals surface area (Å²) in [5.74, 6) is 0. The van der Waals surface area contributed by atoms with Crippen molar-refractivity contribution in [3.63, 3.8) is 0 Å². The molecule has 2 nitrogen and oxygen atoms in total. The molecule has 2 rings (SSSR count). The zero-order valence-electron chi connectivity index (χ0n) is 9.75. The third-order valence-electron chi connectivity index (χ3n) is 3.20. The molecular formula is C13H19ClN2. The fraction of sp³-hybridized carbons (Fsp3) is 0.538. The Morgan fingerprint density at radius 3 is 2.62 bits per heavy atom. The van der Waals surface area contributed by atoms with Crippen LogP contribution in [-0.2, 0) is 6.54 Å². The maximum Gasteiger partial charge on any atom is 0.0454 e. The topological polar surface area (TPSA) is 29.3 Å². The molecule has 0 aromatic heterocycles. The molecule has 0 amide bonds. The fourth-order valence-electron chi connectivity index (χ4n) is 2.16. The van der Waals surface area contributed by atoms with Crippen LogP contribution in [0.25, 0.3) is 0 Å². The number of nitrogens with zero attached hydrogens (tertiary/aromatic N) is 1. The molecule has 1 aliphatic heterocycles. The van der Waals surface area contributed by atoms with Crippen molar-refractivity contribution in [3.05, 3.63) is 34.3 Å². The Hall–Kier alpha value is -0.570. The lowest BCUT2D eigenvalue weighted by Gasteiger charge is -2.16. The molecule has 1 atom stereocenters. The molecule has 0 bridgehead atoms. The quantitative estimate of drug-likeness (QED) is 0.878. The van der Waals surface area contributed by atoms with Crippen molar-refractivity contribution in [1.82, 2.24) is 4.90 Å². The largest absolute Gasteiger partial charge is 0.324 e. The monoisotopic (exact) mass is 238 g/mol. The van der Waals surface area contributed by atoms with Crippen LogP contribution < -0.4 is 5.73 Å². The van der Waals surface area contributed by atoms with Crippen LogP contribution in [0.3, 0.4) is 0 Å². The van der Waals surface area contributed by atoms with Gasteiger partial charge in [0.2, 0.25) is 0 Å². The summed E-state index contributed by atoms with van der Waals surface area (Å²) in [7, 11) is 0. The average Bonchev–Trinajstić information content (AvgIpc) is 2.73. The zero-order chi connectivity index (χ0) is 11.5. The Morgan fingerprint density at radius 1 is 1.38 bits per heavy atom. The predicted molar refractivity (Wildman–Crippen MR) is 68.6 cm³/mol. The molecule has 0 radical (unpaired) electrons. The van der Waals surface area contributed by atoms with Gasteiger partial charge in [0.05, 0.1) is 0 Å². The van der Waals surface area contributed by atoms with Gasteiger partial charge in [-0.15, -0.1) is 0 Å². The van der Waals surface area contributed by atoms with Gasteiger partial charge < -0.3 is 5.73 Å². The van der Waals surface area contributed by atoms with Crippen LogP contribution in [0, 0.1) is 0 Å². The minimum atomic E-state index is 0.0540. The van der Waals surface area contributed by atoms with Gasteiger partial charge in [-0.05, 0) is 50.0 Å². The highest BCUT2D eigenvalue weighted by atomic mass is 35.5. The second-order valence-corrected chi connectivity index (χ2v) is 5.03. The van der Waals surface area contributed by atoms with Gasteiger partial charge in [0.15, 0.2) is 0 Å². The lowest BCUT2D eigenvalue weighted by Crippen LogP contribution is -2.18. The molecule has 1 aliphatic rings.